The Morgan fingerprint density at radius 1 is 1.61 bits per heavy atom. The fourth-order valence-electron chi connectivity index (χ4n) is 2.65. The monoisotopic (exact) mass is 249 g/mol. The summed E-state index contributed by atoms with van der Waals surface area (Å²) in [5, 5.41) is 0. The van der Waals surface area contributed by atoms with Gasteiger partial charge < -0.3 is 15.6 Å². The van der Waals surface area contributed by atoms with E-state index >= 15 is 0 Å². The lowest BCUT2D eigenvalue weighted by Crippen LogP contribution is -2.51. The minimum atomic E-state index is -0.189. The molecule has 1 saturated heterocycles. The summed E-state index contributed by atoms with van der Waals surface area (Å²) in [5.74, 6) is 0.239. The largest absolute Gasteiger partial charge is 0.367 e. The van der Waals surface area contributed by atoms with Crippen molar-refractivity contribution in [2.24, 2.45) is 5.73 Å². The van der Waals surface area contributed by atoms with Gasteiger partial charge >= 0.3 is 0 Å². The summed E-state index contributed by atoms with van der Waals surface area (Å²) < 4.78 is 0. The summed E-state index contributed by atoms with van der Waals surface area (Å²) in [6.07, 6.45) is 7.28. The van der Waals surface area contributed by atoms with Crippen LogP contribution in [0.1, 0.15) is 38.7 Å². The number of nitrogens with two attached hydrogens (primary N) is 1. The lowest BCUT2D eigenvalue weighted by molar-refractivity contribution is -0.134. The molecule has 3 N–H and O–H groups in total. The second-order valence-corrected chi connectivity index (χ2v) is 5.67. The van der Waals surface area contributed by atoms with Gasteiger partial charge in [0, 0.05) is 31.4 Å². The Bertz CT molecular complexity index is 397. The molecule has 1 fully saturated rings. The first kappa shape index (κ1) is 13.1. The zero-order chi connectivity index (χ0) is 13.2. The summed E-state index contributed by atoms with van der Waals surface area (Å²) in [4.78, 5) is 17.2. The van der Waals surface area contributed by atoms with Gasteiger partial charge in [-0.1, -0.05) is 0 Å². The molecule has 0 aromatic carbocycles. The quantitative estimate of drug-likeness (QED) is 0.852. The summed E-state index contributed by atoms with van der Waals surface area (Å²) in [6.45, 7) is 4.93. The van der Waals surface area contributed by atoms with E-state index in [4.69, 9.17) is 5.73 Å². The van der Waals surface area contributed by atoms with Crippen LogP contribution in [0.5, 0.6) is 0 Å². The van der Waals surface area contributed by atoms with Crippen molar-refractivity contribution >= 4 is 5.91 Å². The normalized spacial score (nSPS) is 22.4. The van der Waals surface area contributed by atoms with Gasteiger partial charge in [0.15, 0.2) is 0 Å². The molecule has 1 aliphatic heterocycles. The van der Waals surface area contributed by atoms with Crippen LogP contribution in [0, 0.1) is 0 Å². The highest BCUT2D eigenvalue weighted by Gasteiger charge is 2.41. The highest BCUT2D eigenvalue weighted by molar-refractivity contribution is 5.77. The molecular weight excluding hydrogens is 226 g/mol. The summed E-state index contributed by atoms with van der Waals surface area (Å²) >= 11 is 0. The lowest BCUT2D eigenvalue weighted by Gasteiger charge is -2.34. The van der Waals surface area contributed by atoms with Crippen LogP contribution in [0.15, 0.2) is 18.5 Å². The Kier molecular flexibility index (Phi) is 3.76. The standard InChI is InChI=1S/C14H23N3O/c1-14(2)12(15)7-9-17(14)13(18)5-3-4-11-6-8-16-10-11/h6,8,10,12,16H,3-5,7,9,15H2,1-2H3. The number of H-pyrrole nitrogens is 1. The van der Waals surface area contributed by atoms with Crippen molar-refractivity contribution in [3.05, 3.63) is 24.0 Å². The van der Waals surface area contributed by atoms with E-state index in [-0.39, 0.29) is 17.5 Å². The van der Waals surface area contributed by atoms with Crippen molar-refractivity contribution < 1.29 is 4.79 Å². The number of amides is 1. The van der Waals surface area contributed by atoms with Crippen LogP contribution in [0.3, 0.4) is 0 Å². The maximum absolute atomic E-state index is 12.2. The first-order chi connectivity index (χ1) is 8.51. The Labute approximate surface area is 109 Å². The van der Waals surface area contributed by atoms with E-state index in [1.165, 1.54) is 5.56 Å². The third kappa shape index (κ3) is 2.58. The molecule has 1 amide bonds. The zero-order valence-corrected chi connectivity index (χ0v) is 11.3. The molecule has 2 heterocycles. The highest BCUT2D eigenvalue weighted by atomic mass is 16.2. The fraction of sp³-hybridized carbons (Fsp3) is 0.643. The Morgan fingerprint density at radius 2 is 2.39 bits per heavy atom. The van der Waals surface area contributed by atoms with Crippen LogP contribution in [0.4, 0.5) is 0 Å². The molecular formula is C14H23N3O. The van der Waals surface area contributed by atoms with Crippen molar-refractivity contribution in [3.63, 3.8) is 0 Å². The molecule has 0 spiro atoms. The molecule has 0 saturated carbocycles. The van der Waals surface area contributed by atoms with Gasteiger partial charge in [0.2, 0.25) is 5.91 Å². The number of aromatic amines is 1. The second kappa shape index (κ2) is 5.14. The molecule has 4 nitrogen and oxygen atoms in total. The van der Waals surface area contributed by atoms with Crippen molar-refractivity contribution in [2.45, 2.75) is 51.1 Å². The molecule has 1 atom stereocenters. The second-order valence-electron chi connectivity index (χ2n) is 5.67. The highest BCUT2D eigenvalue weighted by Crippen LogP contribution is 2.28. The summed E-state index contributed by atoms with van der Waals surface area (Å²) in [6, 6.07) is 2.16. The van der Waals surface area contributed by atoms with Gasteiger partial charge in [0.05, 0.1) is 5.54 Å². The van der Waals surface area contributed by atoms with Gasteiger partial charge in [-0.15, -0.1) is 0 Å². The first-order valence-corrected chi connectivity index (χ1v) is 6.69. The van der Waals surface area contributed by atoms with Gasteiger partial charge in [-0.3, -0.25) is 4.79 Å². The molecule has 0 radical (unpaired) electrons. The minimum absolute atomic E-state index is 0.103. The Morgan fingerprint density at radius 3 is 2.94 bits per heavy atom. The smallest absolute Gasteiger partial charge is 0.223 e. The van der Waals surface area contributed by atoms with Crippen molar-refractivity contribution in [3.8, 4) is 0 Å². The molecule has 4 heteroatoms. The molecule has 2 rings (SSSR count). The van der Waals surface area contributed by atoms with Gasteiger partial charge in [-0.25, -0.2) is 0 Å². The first-order valence-electron chi connectivity index (χ1n) is 6.69. The number of aromatic nitrogens is 1. The average Bonchev–Trinajstić information content (AvgIpc) is 2.89. The third-order valence-corrected chi connectivity index (χ3v) is 4.09. The van der Waals surface area contributed by atoms with Crippen molar-refractivity contribution in [1.82, 2.24) is 9.88 Å². The van der Waals surface area contributed by atoms with Crippen LogP contribution in [0.2, 0.25) is 0 Å². The Hall–Kier alpha value is -1.29. The predicted octanol–water partition coefficient (Wildman–Crippen LogP) is 1.68. The van der Waals surface area contributed by atoms with E-state index < -0.39 is 0 Å². The fourth-order valence-corrected chi connectivity index (χ4v) is 2.65. The van der Waals surface area contributed by atoms with E-state index in [1.54, 1.807) is 0 Å². The van der Waals surface area contributed by atoms with Crippen LogP contribution < -0.4 is 5.73 Å². The molecule has 0 bridgehead atoms. The number of nitrogens with one attached hydrogen (secondary N) is 1. The van der Waals surface area contributed by atoms with Gasteiger partial charge in [-0.05, 0) is 44.7 Å². The number of nitrogens with zero attached hydrogens (tertiary/aromatic N) is 1. The number of likely N-dealkylation sites (tertiary alicyclic amines) is 1. The van der Waals surface area contributed by atoms with E-state index in [0.29, 0.717) is 6.42 Å². The number of rotatable bonds is 4. The maximum atomic E-state index is 12.2. The zero-order valence-electron chi connectivity index (χ0n) is 11.3. The SMILES string of the molecule is CC1(C)C(N)CCN1C(=O)CCCc1cc[nH]c1. The summed E-state index contributed by atoms with van der Waals surface area (Å²) in [5.41, 5.74) is 7.12. The molecule has 1 aromatic rings. The maximum Gasteiger partial charge on any atom is 0.223 e. The lowest BCUT2D eigenvalue weighted by atomic mass is 9.96. The van der Waals surface area contributed by atoms with Gasteiger partial charge in [-0.2, -0.15) is 0 Å². The van der Waals surface area contributed by atoms with Crippen LogP contribution >= 0.6 is 0 Å². The number of carbonyl (C=O) groups is 1. The Balaban J connectivity index is 1.82. The molecule has 100 valence electrons. The minimum Gasteiger partial charge on any atom is -0.367 e. The van der Waals surface area contributed by atoms with Crippen molar-refractivity contribution in [1.29, 1.82) is 0 Å². The van der Waals surface area contributed by atoms with Gasteiger partial charge in [0.1, 0.15) is 0 Å². The van der Waals surface area contributed by atoms with E-state index in [2.05, 4.69) is 24.9 Å². The molecule has 0 aliphatic carbocycles. The molecule has 1 unspecified atom stereocenters. The topological polar surface area (TPSA) is 62.1 Å². The number of carbonyl (C=O) groups excluding carboxylic acids is 1. The third-order valence-electron chi connectivity index (χ3n) is 4.09. The number of hydrogen-bond acceptors (Lipinski definition) is 2. The van der Waals surface area contributed by atoms with E-state index in [9.17, 15) is 4.79 Å². The molecule has 18 heavy (non-hydrogen) atoms. The van der Waals surface area contributed by atoms with E-state index in [0.717, 1.165) is 25.8 Å². The predicted molar refractivity (Wildman–Crippen MR) is 72.1 cm³/mol. The van der Waals surface area contributed by atoms with Crippen LogP contribution in [-0.2, 0) is 11.2 Å². The number of hydrogen-bond donors (Lipinski definition) is 2. The van der Waals surface area contributed by atoms with Gasteiger partial charge in [0.25, 0.3) is 0 Å². The van der Waals surface area contributed by atoms with Crippen molar-refractivity contribution in [2.75, 3.05) is 6.54 Å². The van der Waals surface area contributed by atoms with Crippen LogP contribution in [-0.4, -0.2) is 33.9 Å². The average molecular weight is 249 g/mol. The molecule has 1 aromatic heterocycles. The number of aryl methyl sites for hydroxylation is 1. The summed E-state index contributed by atoms with van der Waals surface area (Å²) in [7, 11) is 0. The van der Waals surface area contributed by atoms with E-state index in [1.807, 2.05) is 17.3 Å². The molecule has 1 aliphatic rings. The van der Waals surface area contributed by atoms with Crippen LogP contribution in [0.25, 0.3) is 0 Å².